The Kier molecular flexibility index (Phi) is 10.5. The summed E-state index contributed by atoms with van der Waals surface area (Å²) in [5.74, 6) is -0.291. The molecule has 0 saturated heterocycles. The quantitative estimate of drug-likeness (QED) is 0.287. The van der Waals surface area contributed by atoms with Crippen molar-refractivity contribution in [3.63, 3.8) is 0 Å². The number of hydrogen-bond acceptors (Lipinski definition) is 4. The molecule has 1 aromatic heterocycles. The van der Waals surface area contributed by atoms with Crippen LogP contribution < -0.4 is 0 Å². The van der Waals surface area contributed by atoms with Crippen LogP contribution in [-0.2, 0) is 20.1 Å². The molecule has 3 aromatic carbocycles. The van der Waals surface area contributed by atoms with Crippen molar-refractivity contribution in [3.05, 3.63) is 96.9 Å². The van der Waals surface area contributed by atoms with Crippen molar-refractivity contribution >= 4 is 0 Å². The molecule has 0 amide bonds. The first-order valence-electron chi connectivity index (χ1n) is 10.5. The maximum absolute atomic E-state index is 13.6. The molecular formula is C27H26FIrN2O2-. The third-order valence-electron chi connectivity index (χ3n) is 4.59. The summed E-state index contributed by atoms with van der Waals surface area (Å²) in [6, 6.07) is 27.1. The van der Waals surface area contributed by atoms with Gasteiger partial charge in [0, 0.05) is 37.6 Å². The van der Waals surface area contributed by atoms with E-state index in [-0.39, 0.29) is 38.1 Å². The van der Waals surface area contributed by atoms with Gasteiger partial charge in [-0.3, -0.25) is 4.98 Å². The van der Waals surface area contributed by atoms with Crippen LogP contribution in [0.1, 0.15) is 20.3 Å². The fourth-order valence-electron chi connectivity index (χ4n) is 3.20. The van der Waals surface area contributed by atoms with Gasteiger partial charge in [-0.15, -0.1) is 35.9 Å². The van der Waals surface area contributed by atoms with E-state index in [2.05, 4.69) is 11.1 Å². The second kappa shape index (κ2) is 13.1. The molecular weight excluding hydrogens is 596 g/mol. The molecule has 4 rings (SSSR count). The number of aliphatic hydroxyl groups is 2. The number of halogens is 1. The molecule has 0 spiro atoms. The van der Waals surface area contributed by atoms with Crippen LogP contribution in [0.15, 0.2) is 85.1 Å². The normalized spacial score (nSPS) is 12.0. The van der Waals surface area contributed by atoms with Crippen LogP contribution in [0.2, 0.25) is 0 Å². The van der Waals surface area contributed by atoms with Gasteiger partial charge < -0.3 is 15.2 Å². The van der Waals surface area contributed by atoms with Gasteiger partial charge in [0.15, 0.2) is 0 Å². The zero-order chi connectivity index (χ0) is 22.9. The smallest absolute Gasteiger partial charge is 0.123 e. The van der Waals surface area contributed by atoms with E-state index in [1.807, 2.05) is 60.7 Å². The van der Waals surface area contributed by atoms with Gasteiger partial charge in [0.1, 0.15) is 5.82 Å². The average molecular weight is 622 g/mol. The Hall–Kier alpha value is -2.76. The van der Waals surface area contributed by atoms with Crippen LogP contribution in [0.5, 0.6) is 0 Å². The van der Waals surface area contributed by atoms with E-state index in [9.17, 15) is 4.39 Å². The first-order chi connectivity index (χ1) is 15.4. The molecule has 173 valence electrons. The van der Waals surface area contributed by atoms with E-state index in [4.69, 9.17) is 15.2 Å². The van der Waals surface area contributed by atoms with Gasteiger partial charge in [-0.05, 0) is 38.0 Å². The molecule has 0 bridgehead atoms. The number of aliphatic hydroxyl groups excluding tert-OH is 2. The Bertz CT molecular complexity index is 1120. The number of rotatable bonds is 5. The minimum Gasteiger partial charge on any atom is -0.393 e. The van der Waals surface area contributed by atoms with Gasteiger partial charge in [0.2, 0.25) is 0 Å². The Labute approximate surface area is 207 Å². The molecule has 0 saturated carbocycles. The summed E-state index contributed by atoms with van der Waals surface area (Å²) in [5.41, 5.74) is 4.68. The van der Waals surface area contributed by atoms with E-state index >= 15 is 0 Å². The molecule has 33 heavy (non-hydrogen) atoms. The maximum atomic E-state index is 13.6. The van der Waals surface area contributed by atoms with Crippen molar-refractivity contribution in [2.75, 3.05) is 0 Å². The zero-order valence-corrected chi connectivity index (χ0v) is 20.8. The average Bonchev–Trinajstić information content (AvgIpc) is 2.79. The van der Waals surface area contributed by atoms with Gasteiger partial charge >= 0.3 is 0 Å². The van der Waals surface area contributed by atoms with Gasteiger partial charge in [-0.2, -0.15) is 0 Å². The SMILES string of the molecule is CC(O)CC(C)O.Fc1cccc(-c2cnc(-c3[c-]cccc3)c(-c3ccccc3)n2)c1.[Ir]. The van der Waals surface area contributed by atoms with E-state index in [1.165, 1.54) is 12.1 Å². The first-order valence-corrected chi connectivity index (χ1v) is 10.5. The summed E-state index contributed by atoms with van der Waals surface area (Å²) >= 11 is 0. The Morgan fingerprint density at radius 3 is 2.09 bits per heavy atom. The molecule has 0 aliphatic rings. The van der Waals surface area contributed by atoms with Crippen LogP contribution in [0.4, 0.5) is 4.39 Å². The topological polar surface area (TPSA) is 66.2 Å². The van der Waals surface area contributed by atoms with Gasteiger partial charge in [0.25, 0.3) is 0 Å². The van der Waals surface area contributed by atoms with E-state index in [0.29, 0.717) is 17.7 Å². The minimum absolute atomic E-state index is 0. The van der Waals surface area contributed by atoms with Crippen molar-refractivity contribution in [2.45, 2.75) is 32.5 Å². The summed E-state index contributed by atoms with van der Waals surface area (Å²) in [6.45, 7) is 3.32. The Balaban J connectivity index is 0.000000423. The summed E-state index contributed by atoms with van der Waals surface area (Å²) in [6.07, 6.45) is 1.40. The van der Waals surface area contributed by atoms with Crippen molar-refractivity contribution in [1.29, 1.82) is 0 Å². The Morgan fingerprint density at radius 2 is 1.52 bits per heavy atom. The van der Waals surface area contributed by atoms with Crippen LogP contribution in [0, 0.1) is 11.9 Å². The molecule has 2 unspecified atom stereocenters. The summed E-state index contributed by atoms with van der Waals surface area (Å²) < 4.78 is 13.6. The standard InChI is InChI=1S/C22H14FN2.C5H12O2.Ir/c23-19-13-7-12-18(14-19)20-15-24-21(16-8-3-1-4-9-16)22(25-20)17-10-5-2-6-11-17;1-4(6)3-5(2)7;/h1-8,10-15H;4-7H,3H2,1-2H3;/q-1;;. The van der Waals surface area contributed by atoms with Crippen molar-refractivity contribution < 1.29 is 34.7 Å². The number of aromatic nitrogens is 2. The molecule has 6 heteroatoms. The number of benzene rings is 3. The molecule has 0 fully saturated rings. The van der Waals surface area contributed by atoms with Crippen LogP contribution >= 0.6 is 0 Å². The van der Waals surface area contributed by atoms with Gasteiger partial charge in [-0.1, -0.05) is 42.5 Å². The van der Waals surface area contributed by atoms with Gasteiger partial charge in [-0.25, -0.2) is 4.39 Å². The molecule has 1 radical (unpaired) electrons. The predicted octanol–water partition coefficient (Wildman–Crippen LogP) is 5.55. The summed E-state index contributed by atoms with van der Waals surface area (Å²) in [7, 11) is 0. The molecule has 2 atom stereocenters. The van der Waals surface area contributed by atoms with Crippen LogP contribution in [0.3, 0.4) is 0 Å². The zero-order valence-electron chi connectivity index (χ0n) is 18.4. The third kappa shape index (κ3) is 7.95. The predicted molar refractivity (Wildman–Crippen MR) is 125 cm³/mol. The first kappa shape index (κ1) is 26.5. The molecule has 4 aromatic rings. The largest absolute Gasteiger partial charge is 0.393 e. The van der Waals surface area contributed by atoms with Crippen LogP contribution in [-0.4, -0.2) is 32.4 Å². The third-order valence-corrected chi connectivity index (χ3v) is 4.59. The molecule has 4 nitrogen and oxygen atoms in total. The molecule has 0 aliphatic heterocycles. The maximum Gasteiger partial charge on any atom is 0.123 e. The number of hydrogen-bond donors (Lipinski definition) is 2. The fourth-order valence-corrected chi connectivity index (χ4v) is 3.20. The van der Waals surface area contributed by atoms with E-state index in [1.54, 1.807) is 26.1 Å². The van der Waals surface area contributed by atoms with E-state index in [0.717, 1.165) is 22.5 Å². The number of nitrogens with zero attached hydrogens (tertiary/aromatic N) is 2. The Morgan fingerprint density at radius 1 is 0.848 bits per heavy atom. The summed E-state index contributed by atoms with van der Waals surface area (Å²) in [4.78, 5) is 9.40. The summed E-state index contributed by atoms with van der Waals surface area (Å²) in [5, 5.41) is 17.1. The van der Waals surface area contributed by atoms with Crippen LogP contribution in [0.25, 0.3) is 33.8 Å². The molecule has 0 aliphatic carbocycles. The van der Waals surface area contributed by atoms with Gasteiger partial charge in [0.05, 0.1) is 23.6 Å². The second-order valence-electron chi connectivity index (χ2n) is 7.54. The monoisotopic (exact) mass is 622 g/mol. The molecule has 2 N–H and O–H groups in total. The second-order valence-corrected chi connectivity index (χ2v) is 7.54. The van der Waals surface area contributed by atoms with Crippen molar-refractivity contribution in [2.24, 2.45) is 0 Å². The van der Waals surface area contributed by atoms with Crippen molar-refractivity contribution in [3.8, 4) is 33.8 Å². The fraction of sp³-hybridized carbons (Fsp3) is 0.185. The minimum atomic E-state index is -0.375. The van der Waals surface area contributed by atoms with E-state index < -0.39 is 0 Å². The molecule has 1 heterocycles. The van der Waals surface area contributed by atoms with Crippen molar-refractivity contribution in [1.82, 2.24) is 9.97 Å².